The number of rotatable bonds is 6. The van der Waals surface area contributed by atoms with E-state index >= 15 is 0 Å². The molecule has 0 amide bonds. The average molecular weight is 626 g/mol. The summed E-state index contributed by atoms with van der Waals surface area (Å²) < 4.78 is 28.9. The number of ether oxygens (including phenoxy) is 5. The number of carbonyl (C=O) groups is 2. The van der Waals surface area contributed by atoms with Gasteiger partial charge in [-0.3, -0.25) is 0 Å². The van der Waals surface area contributed by atoms with E-state index in [1.807, 2.05) is 19.2 Å². The Bertz CT molecular complexity index is 1320. The molecule has 8 N–H and O–H groups in total. The Morgan fingerprint density at radius 2 is 1.50 bits per heavy atom. The third-order valence-corrected chi connectivity index (χ3v) is 9.09. The van der Waals surface area contributed by atoms with Crippen molar-refractivity contribution < 1.29 is 74.1 Å². The van der Waals surface area contributed by atoms with E-state index in [1.165, 1.54) is 0 Å². The van der Waals surface area contributed by atoms with Crippen LogP contribution in [0.2, 0.25) is 0 Å². The summed E-state index contributed by atoms with van der Waals surface area (Å²) in [6.07, 6.45) is -14.7. The second-order valence-electron chi connectivity index (χ2n) is 11.9. The first-order chi connectivity index (χ1) is 20.8. The summed E-state index contributed by atoms with van der Waals surface area (Å²) in [5.74, 6) is -2.66. The van der Waals surface area contributed by atoms with Crippen LogP contribution in [0.15, 0.2) is 24.3 Å². The fraction of sp³-hybridized carbons (Fsp3) is 0.643. The lowest BCUT2D eigenvalue weighted by atomic mass is 9.69. The van der Waals surface area contributed by atoms with Gasteiger partial charge in [0, 0.05) is 18.5 Å². The van der Waals surface area contributed by atoms with E-state index < -0.39 is 91.0 Å². The number of aliphatic hydroxyl groups is 6. The molecule has 13 atom stereocenters. The minimum Gasteiger partial charge on any atom is -0.485 e. The first-order valence-electron chi connectivity index (χ1n) is 14.2. The van der Waals surface area contributed by atoms with E-state index in [9.17, 15) is 50.4 Å². The topological polar surface area (TPSA) is 245 Å². The molecule has 1 aliphatic carbocycles. The molecule has 2 fully saturated rings. The number of aliphatic carboxylic acids is 2. The summed E-state index contributed by atoms with van der Waals surface area (Å²) in [6.45, 7) is 1.26. The largest absolute Gasteiger partial charge is 0.485 e. The highest BCUT2D eigenvalue weighted by molar-refractivity contribution is 5.74. The number of hydrogen-bond acceptors (Lipinski definition) is 14. The molecule has 16 heteroatoms. The molecule has 1 aromatic rings. The summed E-state index contributed by atoms with van der Waals surface area (Å²) in [4.78, 5) is 25.2. The maximum absolute atomic E-state index is 11.6. The lowest BCUT2D eigenvalue weighted by molar-refractivity contribution is -0.302. The van der Waals surface area contributed by atoms with Crippen molar-refractivity contribution in [3.63, 3.8) is 0 Å². The molecule has 1 spiro atoms. The lowest BCUT2D eigenvalue weighted by Crippen LogP contribution is -2.61. The maximum Gasteiger partial charge on any atom is 0.335 e. The van der Waals surface area contributed by atoms with Gasteiger partial charge < -0.3 is 69.4 Å². The summed E-state index contributed by atoms with van der Waals surface area (Å²) in [6, 6.07) is 3.41. The Labute approximate surface area is 250 Å². The highest BCUT2D eigenvalue weighted by atomic mass is 16.7. The van der Waals surface area contributed by atoms with Gasteiger partial charge in [-0.1, -0.05) is 18.2 Å². The zero-order chi connectivity index (χ0) is 31.7. The molecule has 6 rings (SSSR count). The number of nitrogens with zero attached hydrogens (tertiary/aromatic N) is 1. The maximum atomic E-state index is 11.6. The summed E-state index contributed by atoms with van der Waals surface area (Å²) in [5, 5.41) is 80.3. The van der Waals surface area contributed by atoms with Crippen molar-refractivity contribution in [1.29, 1.82) is 0 Å². The van der Waals surface area contributed by atoms with Crippen molar-refractivity contribution in [1.82, 2.24) is 4.90 Å². The highest BCUT2D eigenvalue weighted by Gasteiger charge is 2.55. The van der Waals surface area contributed by atoms with E-state index in [-0.39, 0.29) is 12.2 Å². The van der Waals surface area contributed by atoms with Crippen LogP contribution in [0.25, 0.3) is 0 Å². The fourth-order valence-electron chi connectivity index (χ4n) is 6.71. The predicted molar refractivity (Wildman–Crippen MR) is 141 cm³/mol. The lowest BCUT2D eigenvalue weighted by Gasteiger charge is -2.42. The summed E-state index contributed by atoms with van der Waals surface area (Å²) in [7, 11) is 1.97. The highest BCUT2D eigenvalue weighted by Crippen LogP contribution is 2.56. The smallest absolute Gasteiger partial charge is 0.335 e. The molecule has 4 aliphatic heterocycles. The Kier molecular flexibility index (Phi) is 8.11. The molecule has 44 heavy (non-hydrogen) atoms. The Morgan fingerprint density at radius 3 is 2.14 bits per heavy atom. The van der Waals surface area contributed by atoms with Crippen LogP contribution in [0.4, 0.5) is 0 Å². The zero-order valence-electron chi connectivity index (χ0n) is 23.4. The van der Waals surface area contributed by atoms with Gasteiger partial charge in [0.25, 0.3) is 0 Å². The molecule has 0 bridgehead atoms. The zero-order valence-corrected chi connectivity index (χ0v) is 23.4. The van der Waals surface area contributed by atoms with Crippen molar-refractivity contribution in [2.45, 2.75) is 98.4 Å². The van der Waals surface area contributed by atoms with Crippen LogP contribution in [-0.2, 0) is 35.8 Å². The van der Waals surface area contributed by atoms with Crippen molar-refractivity contribution in [3.05, 3.63) is 35.4 Å². The van der Waals surface area contributed by atoms with Crippen molar-refractivity contribution in [3.8, 4) is 11.5 Å². The second kappa shape index (κ2) is 11.5. The van der Waals surface area contributed by atoms with Crippen LogP contribution in [0.3, 0.4) is 0 Å². The average Bonchev–Trinajstić information content (AvgIpc) is 3.24. The third-order valence-electron chi connectivity index (χ3n) is 9.09. The van der Waals surface area contributed by atoms with Gasteiger partial charge in [-0.2, -0.15) is 0 Å². The standard InChI is InChI=1S/C28H35NO15/c1-29-7-6-28-5-4-11(40-26-19(34)15(30)17(32)22(43-26)24(36)37)8-13(28)42-21-12(3-2-10(9-29)14(21)28)41-27-20(35)16(31)18(33)23(44-27)25(38)39/h2-5,11,13,15-20,22-23,26-27,30-35H,6-9H2,1H3,(H,36,37)(H,38,39)/t11-,13-,15-,16-,17-,18-,19+,20+,22-,23-,26+,27+,28-/m0/s1. The number of aliphatic hydroxyl groups excluding tert-OH is 6. The molecule has 0 unspecified atom stereocenters. The Morgan fingerprint density at radius 1 is 0.886 bits per heavy atom. The molecule has 2 saturated heterocycles. The SMILES string of the molecule is CN1CC[C@@]23C=C[C@H](O[C@@H]4O[C@H](C(=O)O)[C@@H](O)[C@H](O)[C@H]4O)C[C@@H]2Oc2c(O[C@@H]4O[C@H](C(=O)O)[C@@H](O)[C@H](O)[C@H]4O)ccc(c23)C1. The number of carboxylic acid groups (broad SMARTS) is 2. The first-order valence-corrected chi connectivity index (χ1v) is 14.2. The number of hydrogen-bond donors (Lipinski definition) is 8. The molecule has 0 aromatic heterocycles. The van der Waals surface area contributed by atoms with Crippen LogP contribution in [0.1, 0.15) is 24.0 Å². The molecular weight excluding hydrogens is 590 g/mol. The quantitative estimate of drug-likeness (QED) is 0.147. The predicted octanol–water partition coefficient (Wildman–Crippen LogP) is -2.97. The van der Waals surface area contributed by atoms with E-state index in [4.69, 9.17) is 23.7 Å². The molecule has 5 aliphatic rings. The van der Waals surface area contributed by atoms with Gasteiger partial charge in [0.15, 0.2) is 30.0 Å². The molecular formula is C28H35NO15. The first kappa shape index (κ1) is 31.1. The Balaban J connectivity index is 1.28. The second-order valence-corrected chi connectivity index (χ2v) is 11.9. The van der Waals surface area contributed by atoms with E-state index in [0.717, 1.165) is 11.1 Å². The van der Waals surface area contributed by atoms with Crippen LogP contribution in [0, 0.1) is 0 Å². The van der Waals surface area contributed by atoms with Gasteiger partial charge in [-0.15, -0.1) is 0 Å². The summed E-state index contributed by atoms with van der Waals surface area (Å²) >= 11 is 0. The van der Waals surface area contributed by atoms with Gasteiger partial charge >= 0.3 is 11.9 Å². The van der Waals surface area contributed by atoms with Crippen molar-refractivity contribution in [2.75, 3.05) is 13.6 Å². The van der Waals surface area contributed by atoms with E-state index in [2.05, 4.69) is 4.90 Å². The fourth-order valence-corrected chi connectivity index (χ4v) is 6.71. The van der Waals surface area contributed by atoms with Crippen LogP contribution >= 0.6 is 0 Å². The third kappa shape index (κ3) is 5.04. The molecule has 1 aromatic carbocycles. The minimum atomic E-state index is -1.88. The van der Waals surface area contributed by atoms with Gasteiger partial charge in [0.05, 0.1) is 11.5 Å². The van der Waals surface area contributed by atoms with Crippen LogP contribution in [0.5, 0.6) is 11.5 Å². The van der Waals surface area contributed by atoms with Gasteiger partial charge in [0.2, 0.25) is 6.29 Å². The van der Waals surface area contributed by atoms with Gasteiger partial charge in [0.1, 0.15) is 42.7 Å². The van der Waals surface area contributed by atoms with Crippen molar-refractivity contribution >= 4 is 11.9 Å². The normalized spacial score (nSPS) is 43.3. The molecule has 4 heterocycles. The molecule has 0 saturated carbocycles. The number of benzene rings is 1. The molecule has 0 radical (unpaired) electrons. The van der Waals surface area contributed by atoms with E-state index in [1.54, 1.807) is 12.1 Å². The van der Waals surface area contributed by atoms with Crippen LogP contribution in [-0.4, -0.2) is 145 Å². The van der Waals surface area contributed by atoms with Crippen LogP contribution < -0.4 is 9.47 Å². The van der Waals surface area contributed by atoms with Gasteiger partial charge in [-0.25, -0.2) is 9.59 Å². The Hall–Kier alpha value is -2.90. The summed E-state index contributed by atoms with van der Waals surface area (Å²) in [5.41, 5.74) is 1.05. The monoisotopic (exact) mass is 625 g/mol. The van der Waals surface area contributed by atoms with Gasteiger partial charge in [-0.05, 0) is 31.6 Å². The molecule has 242 valence electrons. The minimum absolute atomic E-state index is 0.108. The van der Waals surface area contributed by atoms with Crippen molar-refractivity contribution in [2.24, 2.45) is 0 Å². The number of carboxylic acids is 2. The van der Waals surface area contributed by atoms with E-state index in [0.29, 0.717) is 25.3 Å². The molecule has 16 nitrogen and oxygen atoms in total.